The Bertz CT molecular complexity index is 1560. The monoisotopic (exact) mass is 752 g/mol. The van der Waals surface area contributed by atoms with Gasteiger partial charge < -0.3 is 31.3 Å². The molecule has 1 unspecified atom stereocenters. The number of amides is 6. The summed E-state index contributed by atoms with van der Waals surface area (Å²) in [6, 6.07) is 6.15. The number of carboxylic acid groups (broad SMARTS) is 1. The molecule has 0 fully saturated rings. The standard InChI is InChI=1S/C40H60N6O8/c1-25(2)29(45(10)37(52)34(39(4,5)6)44-36(51)33(41-9)40(7,8)27-16-12-11-13-17-27)24-26(3)35(50)43-28(38(53)54)18-19-30(47)42-22-14-15-23-46-31(48)20-21-32(46)49/h11-13,16-17,20-21,24-25,28-29,33-34,41H,14-15,18-19,22-23H2,1-10H3,(H,42,47)(H,43,50)(H,44,51)(H,53,54)/b26-24+/t28-,29-,33-,34?/m1/s1. The lowest BCUT2D eigenvalue weighted by atomic mass is 9.76. The fourth-order valence-electron chi connectivity index (χ4n) is 6.33. The van der Waals surface area contributed by atoms with E-state index in [-0.39, 0.29) is 61.1 Å². The van der Waals surface area contributed by atoms with Gasteiger partial charge in [-0.15, -0.1) is 0 Å². The van der Waals surface area contributed by atoms with Crippen molar-refractivity contribution in [1.82, 2.24) is 31.1 Å². The molecule has 298 valence electrons. The maximum atomic E-state index is 14.2. The van der Waals surface area contributed by atoms with E-state index in [2.05, 4.69) is 21.3 Å². The molecule has 0 aromatic heterocycles. The number of carboxylic acids is 1. The number of nitrogens with zero attached hydrogens (tertiary/aromatic N) is 2. The third-order valence-corrected chi connectivity index (χ3v) is 9.74. The van der Waals surface area contributed by atoms with Gasteiger partial charge in [-0.1, -0.05) is 84.9 Å². The minimum atomic E-state index is -1.34. The van der Waals surface area contributed by atoms with Gasteiger partial charge in [-0.25, -0.2) is 4.79 Å². The molecule has 0 saturated carbocycles. The Labute approximate surface area is 319 Å². The number of imide groups is 1. The lowest BCUT2D eigenvalue weighted by Crippen LogP contribution is -2.61. The smallest absolute Gasteiger partial charge is 0.326 e. The summed E-state index contributed by atoms with van der Waals surface area (Å²) in [4.78, 5) is 91.6. The van der Waals surface area contributed by atoms with Crippen LogP contribution >= 0.6 is 0 Å². The number of hydrogen-bond donors (Lipinski definition) is 5. The Balaban J connectivity index is 2.07. The third kappa shape index (κ3) is 12.6. The van der Waals surface area contributed by atoms with E-state index in [1.807, 2.05) is 78.8 Å². The zero-order valence-corrected chi connectivity index (χ0v) is 33.4. The van der Waals surface area contributed by atoms with Crippen molar-refractivity contribution in [3.8, 4) is 0 Å². The van der Waals surface area contributed by atoms with E-state index in [1.54, 1.807) is 20.2 Å². The van der Waals surface area contributed by atoms with Crippen LogP contribution in [0.25, 0.3) is 0 Å². The number of aliphatic carboxylic acids is 1. The highest BCUT2D eigenvalue weighted by molar-refractivity contribution is 6.12. The summed E-state index contributed by atoms with van der Waals surface area (Å²) in [5.41, 5.74) is -0.145. The summed E-state index contributed by atoms with van der Waals surface area (Å²) in [5.74, 6) is -3.94. The molecule has 14 nitrogen and oxygen atoms in total. The summed E-state index contributed by atoms with van der Waals surface area (Å²) < 4.78 is 0. The number of rotatable bonds is 20. The van der Waals surface area contributed by atoms with Crippen molar-refractivity contribution in [2.45, 2.75) is 111 Å². The Hall–Kier alpha value is -4.85. The molecule has 0 aliphatic carbocycles. The van der Waals surface area contributed by atoms with Crippen LogP contribution in [0.5, 0.6) is 0 Å². The van der Waals surface area contributed by atoms with Gasteiger partial charge in [0.15, 0.2) is 0 Å². The molecule has 0 spiro atoms. The van der Waals surface area contributed by atoms with Gasteiger partial charge >= 0.3 is 5.97 Å². The third-order valence-electron chi connectivity index (χ3n) is 9.74. The maximum absolute atomic E-state index is 14.2. The highest BCUT2D eigenvalue weighted by atomic mass is 16.4. The van der Waals surface area contributed by atoms with Crippen LogP contribution in [0.15, 0.2) is 54.1 Å². The molecular weight excluding hydrogens is 692 g/mol. The average molecular weight is 753 g/mol. The minimum Gasteiger partial charge on any atom is -0.480 e. The average Bonchev–Trinajstić information content (AvgIpc) is 3.42. The lowest BCUT2D eigenvalue weighted by molar-refractivity contribution is -0.141. The van der Waals surface area contributed by atoms with Gasteiger partial charge in [0.05, 0.1) is 12.1 Å². The number of carbonyl (C=O) groups is 7. The van der Waals surface area contributed by atoms with E-state index in [0.717, 1.165) is 10.5 Å². The van der Waals surface area contributed by atoms with Gasteiger partial charge in [0.25, 0.3) is 11.8 Å². The largest absolute Gasteiger partial charge is 0.480 e. The van der Waals surface area contributed by atoms with E-state index in [0.29, 0.717) is 12.8 Å². The molecule has 4 atom stereocenters. The highest BCUT2D eigenvalue weighted by Crippen LogP contribution is 2.29. The zero-order chi connectivity index (χ0) is 41.0. The van der Waals surface area contributed by atoms with E-state index in [4.69, 9.17) is 0 Å². The number of nitrogens with one attached hydrogen (secondary N) is 4. The molecule has 0 saturated heterocycles. The van der Waals surface area contributed by atoms with Crippen LogP contribution in [-0.4, -0.2) is 108 Å². The number of benzene rings is 1. The van der Waals surface area contributed by atoms with Crippen molar-refractivity contribution in [3.63, 3.8) is 0 Å². The van der Waals surface area contributed by atoms with Crippen molar-refractivity contribution in [2.75, 3.05) is 27.2 Å². The first-order valence-corrected chi connectivity index (χ1v) is 18.5. The minimum absolute atomic E-state index is 0.156. The highest BCUT2D eigenvalue weighted by Gasteiger charge is 2.41. The number of carbonyl (C=O) groups excluding carboxylic acids is 6. The Morgan fingerprint density at radius 2 is 1.50 bits per heavy atom. The Morgan fingerprint density at radius 1 is 0.907 bits per heavy atom. The first-order chi connectivity index (χ1) is 25.1. The van der Waals surface area contributed by atoms with Crippen LogP contribution in [0.3, 0.4) is 0 Å². The van der Waals surface area contributed by atoms with Crippen molar-refractivity contribution >= 4 is 41.4 Å². The molecule has 0 radical (unpaired) electrons. The van der Waals surface area contributed by atoms with Gasteiger partial charge in [-0.05, 0) is 50.1 Å². The van der Waals surface area contributed by atoms with Gasteiger partial charge in [-0.3, -0.25) is 33.7 Å². The molecule has 2 rings (SSSR count). The predicted octanol–water partition coefficient (Wildman–Crippen LogP) is 2.68. The van der Waals surface area contributed by atoms with E-state index < -0.39 is 52.8 Å². The molecule has 54 heavy (non-hydrogen) atoms. The van der Waals surface area contributed by atoms with Crippen LogP contribution in [0, 0.1) is 11.3 Å². The molecule has 1 aromatic rings. The molecule has 1 aliphatic heterocycles. The summed E-state index contributed by atoms with van der Waals surface area (Å²) >= 11 is 0. The van der Waals surface area contributed by atoms with Gasteiger partial charge in [0, 0.05) is 49.7 Å². The summed E-state index contributed by atoms with van der Waals surface area (Å²) in [6.45, 7) is 15.4. The molecular formula is C40H60N6O8. The quantitative estimate of drug-likeness (QED) is 0.0757. The molecule has 1 aliphatic rings. The molecule has 5 N–H and O–H groups in total. The van der Waals surface area contributed by atoms with E-state index in [9.17, 15) is 38.7 Å². The normalized spacial score (nSPS) is 15.8. The number of hydrogen-bond acceptors (Lipinski definition) is 8. The Kier molecular flexibility index (Phi) is 16.8. The lowest BCUT2D eigenvalue weighted by Gasteiger charge is -2.40. The maximum Gasteiger partial charge on any atom is 0.326 e. The fraction of sp³-hybridized carbons (Fsp3) is 0.575. The first kappa shape index (κ1) is 45.3. The van der Waals surface area contributed by atoms with Crippen molar-refractivity contribution in [1.29, 1.82) is 0 Å². The second-order valence-corrected chi connectivity index (χ2v) is 15.8. The van der Waals surface area contributed by atoms with Gasteiger partial charge in [0.1, 0.15) is 12.1 Å². The molecule has 1 heterocycles. The van der Waals surface area contributed by atoms with Crippen molar-refractivity contribution in [2.24, 2.45) is 11.3 Å². The summed E-state index contributed by atoms with van der Waals surface area (Å²) in [6.07, 6.45) is 4.72. The zero-order valence-electron chi connectivity index (χ0n) is 33.4. The van der Waals surface area contributed by atoms with Crippen LogP contribution in [0.1, 0.15) is 86.6 Å². The summed E-state index contributed by atoms with van der Waals surface area (Å²) in [5, 5.41) is 21.1. The Morgan fingerprint density at radius 3 is 2.02 bits per heavy atom. The van der Waals surface area contributed by atoms with Gasteiger partial charge in [-0.2, -0.15) is 0 Å². The molecule has 0 bridgehead atoms. The van der Waals surface area contributed by atoms with Crippen LogP contribution in [0.2, 0.25) is 0 Å². The summed E-state index contributed by atoms with van der Waals surface area (Å²) in [7, 11) is 3.32. The van der Waals surface area contributed by atoms with E-state index >= 15 is 0 Å². The molecule has 6 amide bonds. The molecule has 1 aromatic carbocycles. The first-order valence-electron chi connectivity index (χ1n) is 18.5. The van der Waals surface area contributed by atoms with Crippen LogP contribution in [-0.2, 0) is 39.0 Å². The van der Waals surface area contributed by atoms with Crippen molar-refractivity contribution < 1.29 is 38.7 Å². The van der Waals surface area contributed by atoms with Crippen molar-refractivity contribution in [3.05, 3.63) is 59.7 Å². The van der Waals surface area contributed by atoms with Gasteiger partial charge in [0.2, 0.25) is 23.6 Å². The fourth-order valence-corrected chi connectivity index (χ4v) is 6.33. The second kappa shape index (κ2) is 20.0. The van der Waals surface area contributed by atoms with E-state index in [1.165, 1.54) is 24.0 Å². The predicted molar refractivity (Wildman–Crippen MR) is 206 cm³/mol. The topological polar surface area (TPSA) is 194 Å². The second-order valence-electron chi connectivity index (χ2n) is 15.8. The van der Waals surface area contributed by atoms with Crippen LogP contribution < -0.4 is 21.3 Å². The SMILES string of the molecule is CN[C@H](C(=O)NC(C(=O)N(C)[C@H](/C=C(\C)C(=O)N[C@H](CCC(=O)NCCCCN1C(=O)C=CC1=O)C(=O)O)C(C)C)C(C)(C)C)C(C)(C)c1ccccc1. The van der Waals surface area contributed by atoms with Crippen LogP contribution in [0.4, 0.5) is 0 Å². The molecule has 14 heteroatoms. The number of likely N-dealkylation sites (N-methyl/N-ethyl adjacent to an activating group) is 2. The number of unbranched alkanes of at least 4 members (excludes halogenated alkanes) is 1.